The van der Waals surface area contributed by atoms with Gasteiger partial charge in [0.25, 0.3) is 5.91 Å². The zero-order valence-electron chi connectivity index (χ0n) is 12.6. The predicted molar refractivity (Wildman–Crippen MR) is 89.3 cm³/mol. The fourth-order valence-corrected chi connectivity index (χ4v) is 2.73. The number of nitrogens with one attached hydrogen (secondary N) is 2. The first-order valence-corrected chi connectivity index (χ1v) is 8.11. The molecule has 6 nitrogen and oxygen atoms in total. The molecule has 2 aromatic rings. The SMILES string of the molecule is Cc1cc(C)nc(SCC(=O)NNC(=O)c2ccccc2Cl)n1. The van der Waals surface area contributed by atoms with Gasteiger partial charge in [0.15, 0.2) is 5.16 Å². The molecule has 1 heterocycles. The van der Waals surface area contributed by atoms with Crippen LogP contribution >= 0.6 is 23.4 Å². The second kappa shape index (κ2) is 7.94. The van der Waals surface area contributed by atoms with Crippen LogP contribution in [0.1, 0.15) is 21.7 Å². The maximum atomic E-state index is 11.9. The molecule has 0 atom stereocenters. The lowest BCUT2D eigenvalue weighted by Gasteiger charge is -2.08. The molecular formula is C15H15ClN4O2S. The summed E-state index contributed by atoms with van der Waals surface area (Å²) in [7, 11) is 0. The van der Waals surface area contributed by atoms with E-state index in [1.807, 2.05) is 19.9 Å². The quantitative estimate of drug-likeness (QED) is 0.502. The number of amides is 2. The first-order chi connectivity index (χ1) is 11.0. The summed E-state index contributed by atoms with van der Waals surface area (Å²) in [6.07, 6.45) is 0. The van der Waals surface area contributed by atoms with Gasteiger partial charge in [-0.15, -0.1) is 0 Å². The summed E-state index contributed by atoms with van der Waals surface area (Å²) in [4.78, 5) is 32.1. The number of carbonyl (C=O) groups excluding carboxylic acids is 2. The number of nitrogens with zero attached hydrogens (tertiary/aromatic N) is 2. The van der Waals surface area contributed by atoms with E-state index >= 15 is 0 Å². The van der Waals surface area contributed by atoms with Gasteiger partial charge in [0.05, 0.1) is 16.3 Å². The van der Waals surface area contributed by atoms with Crippen molar-refractivity contribution in [2.45, 2.75) is 19.0 Å². The van der Waals surface area contributed by atoms with E-state index in [4.69, 9.17) is 11.6 Å². The lowest BCUT2D eigenvalue weighted by atomic mass is 10.2. The summed E-state index contributed by atoms with van der Waals surface area (Å²) in [5.41, 5.74) is 6.63. The highest BCUT2D eigenvalue weighted by Crippen LogP contribution is 2.15. The first-order valence-electron chi connectivity index (χ1n) is 6.74. The van der Waals surface area contributed by atoms with Crippen molar-refractivity contribution in [1.29, 1.82) is 0 Å². The lowest BCUT2D eigenvalue weighted by molar-refractivity contribution is -0.119. The van der Waals surface area contributed by atoms with Crippen molar-refractivity contribution in [3.8, 4) is 0 Å². The van der Waals surface area contributed by atoms with E-state index in [9.17, 15) is 9.59 Å². The number of rotatable bonds is 4. The summed E-state index contributed by atoms with van der Waals surface area (Å²) < 4.78 is 0. The van der Waals surface area contributed by atoms with Gasteiger partial charge in [-0.3, -0.25) is 20.4 Å². The van der Waals surface area contributed by atoms with Crippen molar-refractivity contribution < 1.29 is 9.59 Å². The second-order valence-electron chi connectivity index (χ2n) is 4.70. The molecule has 0 saturated heterocycles. The molecular weight excluding hydrogens is 336 g/mol. The average molecular weight is 351 g/mol. The number of thioether (sulfide) groups is 1. The van der Waals surface area contributed by atoms with Crippen LogP contribution in [0.15, 0.2) is 35.5 Å². The van der Waals surface area contributed by atoms with Crippen molar-refractivity contribution in [2.24, 2.45) is 0 Å². The Morgan fingerprint density at radius 1 is 1.13 bits per heavy atom. The minimum atomic E-state index is -0.475. The number of aromatic nitrogens is 2. The lowest BCUT2D eigenvalue weighted by Crippen LogP contribution is -2.42. The van der Waals surface area contributed by atoms with Crippen LogP contribution in [0.2, 0.25) is 5.02 Å². The molecule has 2 rings (SSSR count). The topological polar surface area (TPSA) is 84.0 Å². The molecule has 0 radical (unpaired) electrons. The zero-order valence-corrected chi connectivity index (χ0v) is 14.2. The third kappa shape index (κ3) is 5.22. The smallest absolute Gasteiger partial charge is 0.271 e. The standard InChI is InChI=1S/C15H15ClN4O2S/c1-9-7-10(2)18-15(17-9)23-8-13(21)19-20-14(22)11-5-3-4-6-12(11)16/h3-7H,8H2,1-2H3,(H,19,21)(H,20,22). The molecule has 23 heavy (non-hydrogen) atoms. The molecule has 0 fully saturated rings. The van der Waals surface area contributed by atoms with E-state index in [0.717, 1.165) is 11.4 Å². The van der Waals surface area contributed by atoms with Crippen molar-refractivity contribution >= 4 is 35.2 Å². The molecule has 2 N–H and O–H groups in total. The molecule has 0 aliphatic carbocycles. The number of hydrogen-bond acceptors (Lipinski definition) is 5. The Kier molecular flexibility index (Phi) is 5.95. The minimum absolute atomic E-state index is 0.0890. The van der Waals surface area contributed by atoms with Crippen LogP contribution in [-0.2, 0) is 4.79 Å². The number of halogens is 1. The van der Waals surface area contributed by atoms with Gasteiger partial charge in [-0.25, -0.2) is 9.97 Å². The average Bonchev–Trinajstić information content (AvgIpc) is 2.50. The summed E-state index contributed by atoms with van der Waals surface area (Å²) >= 11 is 7.11. The van der Waals surface area contributed by atoms with Gasteiger partial charge in [0.2, 0.25) is 5.91 Å². The summed E-state index contributed by atoms with van der Waals surface area (Å²) in [6, 6.07) is 8.44. The molecule has 0 aliphatic heterocycles. The maximum absolute atomic E-state index is 11.9. The molecule has 0 saturated carbocycles. The van der Waals surface area contributed by atoms with Crippen LogP contribution in [0.3, 0.4) is 0 Å². The van der Waals surface area contributed by atoms with Crippen LogP contribution in [0.4, 0.5) is 0 Å². The number of hydrazine groups is 1. The highest BCUT2D eigenvalue weighted by Gasteiger charge is 2.11. The summed E-state index contributed by atoms with van der Waals surface area (Å²) in [5.74, 6) is -0.749. The molecule has 0 aliphatic rings. The van der Waals surface area contributed by atoms with E-state index in [1.165, 1.54) is 11.8 Å². The fourth-order valence-electron chi connectivity index (χ4n) is 1.76. The monoisotopic (exact) mass is 350 g/mol. The zero-order chi connectivity index (χ0) is 16.8. The van der Waals surface area contributed by atoms with Gasteiger partial charge < -0.3 is 0 Å². The summed E-state index contributed by atoms with van der Waals surface area (Å²) in [6.45, 7) is 3.73. The normalized spacial score (nSPS) is 10.2. The Labute approximate surface area is 143 Å². The molecule has 1 aromatic heterocycles. The highest BCUT2D eigenvalue weighted by atomic mass is 35.5. The van der Waals surface area contributed by atoms with Gasteiger partial charge in [0, 0.05) is 11.4 Å². The van der Waals surface area contributed by atoms with Gasteiger partial charge >= 0.3 is 0 Å². The van der Waals surface area contributed by atoms with E-state index in [-0.39, 0.29) is 11.7 Å². The van der Waals surface area contributed by atoms with Crippen molar-refractivity contribution in [3.05, 3.63) is 52.3 Å². The second-order valence-corrected chi connectivity index (χ2v) is 6.05. The molecule has 2 amide bonds. The van der Waals surface area contributed by atoms with Crippen molar-refractivity contribution in [2.75, 3.05) is 5.75 Å². The van der Waals surface area contributed by atoms with E-state index in [2.05, 4.69) is 20.8 Å². The minimum Gasteiger partial charge on any atom is -0.272 e. The van der Waals surface area contributed by atoms with Crippen LogP contribution in [0.5, 0.6) is 0 Å². The Balaban J connectivity index is 1.83. The fraction of sp³-hybridized carbons (Fsp3) is 0.200. The predicted octanol–water partition coefficient (Wildman–Crippen LogP) is 2.30. The highest BCUT2D eigenvalue weighted by molar-refractivity contribution is 7.99. The first kappa shape index (κ1) is 17.2. The molecule has 1 aromatic carbocycles. The van der Waals surface area contributed by atoms with Crippen LogP contribution < -0.4 is 10.9 Å². The molecule has 0 unspecified atom stereocenters. The van der Waals surface area contributed by atoms with E-state index in [0.29, 0.717) is 15.7 Å². The molecule has 0 spiro atoms. The van der Waals surface area contributed by atoms with E-state index in [1.54, 1.807) is 24.3 Å². The van der Waals surface area contributed by atoms with Gasteiger partial charge in [-0.2, -0.15) is 0 Å². The Bertz CT molecular complexity index is 719. The Morgan fingerprint density at radius 2 is 1.78 bits per heavy atom. The van der Waals surface area contributed by atoms with Crippen molar-refractivity contribution in [1.82, 2.24) is 20.8 Å². The molecule has 120 valence electrons. The third-order valence-electron chi connectivity index (χ3n) is 2.73. The number of benzene rings is 1. The molecule has 0 bridgehead atoms. The number of aryl methyl sites for hydroxylation is 2. The van der Waals surface area contributed by atoms with Crippen LogP contribution in [-0.4, -0.2) is 27.5 Å². The van der Waals surface area contributed by atoms with Gasteiger partial charge in [-0.05, 0) is 32.0 Å². The van der Waals surface area contributed by atoms with Crippen molar-refractivity contribution in [3.63, 3.8) is 0 Å². The number of hydrogen-bond donors (Lipinski definition) is 2. The maximum Gasteiger partial charge on any atom is 0.271 e. The molecule has 8 heteroatoms. The van der Waals surface area contributed by atoms with Gasteiger partial charge in [-0.1, -0.05) is 35.5 Å². The largest absolute Gasteiger partial charge is 0.272 e. The van der Waals surface area contributed by atoms with Gasteiger partial charge in [0.1, 0.15) is 0 Å². The van der Waals surface area contributed by atoms with E-state index < -0.39 is 5.91 Å². The van der Waals surface area contributed by atoms with Crippen LogP contribution in [0, 0.1) is 13.8 Å². The Hall–Kier alpha value is -2.12. The third-order valence-corrected chi connectivity index (χ3v) is 3.90. The van der Waals surface area contributed by atoms with Crippen LogP contribution in [0.25, 0.3) is 0 Å². The summed E-state index contributed by atoms with van der Waals surface area (Å²) in [5, 5.41) is 0.840. The number of carbonyl (C=O) groups is 2. The Morgan fingerprint density at radius 3 is 2.43 bits per heavy atom.